The van der Waals surface area contributed by atoms with Crippen LogP contribution in [-0.4, -0.2) is 40.1 Å². The first kappa shape index (κ1) is 17.7. The van der Waals surface area contributed by atoms with Crippen LogP contribution in [-0.2, 0) is 24.7 Å². The first-order valence-corrected chi connectivity index (χ1v) is 8.94. The van der Waals surface area contributed by atoms with Crippen molar-refractivity contribution >= 4 is 29.3 Å². The number of rotatable bonds is 2. The molecule has 0 saturated carbocycles. The number of imide groups is 1. The quantitative estimate of drug-likeness (QED) is 0.637. The Morgan fingerprint density at radius 1 is 1.19 bits per heavy atom. The zero-order chi connectivity index (χ0) is 19.7. The lowest BCUT2D eigenvalue weighted by atomic mass is 9.76. The normalized spacial score (nSPS) is 32.0. The Labute approximate surface area is 156 Å². The Balaban J connectivity index is 1.91. The molecular weight excluding hydrogens is 348 g/mol. The monoisotopic (exact) mass is 370 g/mol. The van der Waals surface area contributed by atoms with Crippen molar-refractivity contribution < 1.29 is 19.2 Å². The third-order valence-corrected chi connectivity index (χ3v) is 5.71. The zero-order valence-electron chi connectivity index (χ0n) is 15.4. The van der Waals surface area contributed by atoms with Crippen LogP contribution in [0.2, 0.25) is 0 Å². The molecule has 27 heavy (non-hydrogen) atoms. The SMILES string of the molecule is CC(C)(C)N1C(=O)C2C(CC(N)=O)NC3(C(=O)Nc4ccccc43)C2C1=O. The van der Waals surface area contributed by atoms with E-state index in [4.69, 9.17) is 5.73 Å². The highest BCUT2D eigenvalue weighted by atomic mass is 16.2. The van der Waals surface area contributed by atoms with Crippen molar-refractivity contribution in [3.05, 3.63) is 29.8 Å². The van der Waals surface area contributed by atoms with E-state index in [-0.39, 0.29) is 18.2 Å². The van der Waals surface area contributed by atoms with E-state index >= 15 is 0 Å². The molecule has 2 saturated heterocycles. The number of amides is 4. The predicted octanol–water partition coefficient (Wildman–Crippen LogP) is 0.0809. The van der Waals surface area contributed by atoms with Gasteiger partial charge in [-0.2, -0.15) is 0 Å². The number of nitrogens with two attached hydrogens (primary N) is 1. The van der Waals surface area contributed by atoms with Gasteiger partial charge in [-0.1, -0.05) is 18.2 Å². The number of carbonyl (C=O) groups is 4. The molecule has 4 amide bonds. The molecular formula is C19H22N4O4. The van der Waals surface area contributed by atoms with E-state index in [9.17, 15) is 19.2 Å². The van der Waals surface area contributed by atoms with Crippen LogP contribution < -0.4 is 16.4 Å². The average molecular weight is 370 g/mol. The second-order valence-corrected chi connectivity index (χ2v) is 8.42. The van der Waals surface area contributed by atoms with Crippen molar-refractivity contribution in [3.63, 3.8) is 0 Å². The summed E-state index contributed by atoms with van der Waals surface area (Å²) < 4.78 is 0. The molecule has 1 spiro atoms. The van der Waals surface area contributed by atoms with Gasteiger partial charge in [-0.25, -0.2) is 0 Å². The van der Waals surface area contributed by atoms with Gasteiger partial charge in [0.05, 0.1) is 11.8 Å². The number of nitrogens with zero attached hydrogens (tertiary/aromatic N) is 1. The molecule has 0 bridgehead atoms. The van der Waals surface area contributed by atoms with E-state index < -0.39 is 40.8 Å². The van der Waals surface area contributed by atoms with Crippen molar-refractivity contribution in [2.45, 2.75) is 44.3 Å². The first-order chi connectivity index (χ1) is 12.6. The first-order valence-electron chi connectivity index (χ1n) is 8.94. The van der Waals surface area contributed by atoms with Gasteiger partial charge in [0, 0.05) is 29.3 Å². The van der Waals surface area contributed by atoms with E-state index in [0.717, 1.165) is 0 Å². The van der Waals surface area contributed by atoms with Crippen LogP contribution in [0.3, 0.4) is 0 Å². The number of likely N-dealkylation sites (tertiary alicyclic amines) is 1. The summed E-state index contributed by atoms with van der Waals surface area (Å²) in [6.07, 6.45) is -0.130. The fraction of sp³-hybridized carbons (Fsp3) is 0.474. The van der Waals surface area contributed by atoms with E-state index in [0.29, 0.717) is 11.3 Å². The Kier molecular flexibility index (Phi) is 3.52. The van der Waals surface area contributed by atoms with E-state index in [1.165, 1.54) is 4.90 Å². The van der Waals surface area contributed by atoms with E-state index in [2.05, 4.69) is 10.6 Å². The van der Waals surface area contributed by atoms with E-state index in [1.807, 2.05) is 0 Å². The maximum absolute atomic E-state index is 13.4. The van der Waals surface area contributed by atoms with Gasteiger partial charge in [-0.15, -0.1) is 0 Å². The third-order valence-electron chi connectivity index (χ3n) is 5.71. The van der Waals surface area contributed by atoms with Crippen LogP contribution in [0.4, 0.5) is 5.69 Å². The minimum absolute atomic E-state index is 0.130. The van der Waals surface area contributed by atoms with Crippen LogP contribution >= 0.6 is 0 Å². The average Bonchev–Trinajstić information content (AvgIpc) is 3.12. The third kappa shape index (κ3) is 2.19. The minimum atomic E-state index is -1.38. The maximum Gasteiger partial charge on any atom is 0.250 e. The number of para-hydroxylation sites is 1. The molecule has 1 aromatic rings. The van der Waals surface area contributed by atoms with Crippen LogP contribution in [0.25, 0.3) is 0 Å². The molecule has 8 heteroatoms. The number of anilines is 1. The summed E-state index contributed by atoms with van der Waals surface area (Å²) in [5.74, 6) is -3.49. The Hall–Kier alpha value is -2.74. The molecule has 0 radical (unpaired) electrons. The summed E-state index contributed by atoms with van der Waals surface area (Å²) in [4.78, 5) is 52.4. The number of hydrogen-bond donors (Lipinski definition) is 3. The highest BCUT2D eigenvalue weighted by Gasteiger charge is 2.71. The Bertz CT molecular complexity index is 890. The number of primary amides is 1. The highest BCUT2D eigenvalue weighted by molar-refractivity contribution is 6.15. The molecule has 4 N–H and O–H groups in total. The number of benzene rings is 1. The number of hydrogen-bond acceptors (Lipinski definition) is 5. The van der Waals surface area contributed by atoms with Crippen molar-refractivity contribution in [2.75, 3.05) is 5.32 Å². The van der Waals surface area contributed by atoms with Crippen molar-refractivity contribution in [2.24, 2.45) is 17.6 Å². The molecule has 1 aromatic carbocycles. The number of nitrogens with one attached hydrogen (secondary N) is 2. The summed E-state index contributed by atoms with van der Waals surface area (Å²) in [5, 5.41) is 5.96. The minimum Gasteiger partial charge on any atom is -0.370 e. The molecule has 2 fully saturated rings. The van der Waals surface area contributed by atoms with Gasteiger partial charge in [0.15, 0.2) is 0 Å². The summed E-state index contributed by atoms with van der Waals surface area (Å²) >= 11 is 0. The summed E-state index contributed by atoms with van der Waals surface area (Å²) in [5.41, 5.74) is 4.49. The van der Waals surface area contributed by atoms with Crippen LogP contribution in [0.1, 0.15) is 32.8 Å². The van der Waals surface area contributed by atoms with Gasteiger partial charge in [-0.3, -0.25) is 29.4 Å². The molecule has 4 rings (SSSR count). The topological polar surface area (TPSA) is 122 Å². The van der Waals surface area contributed by atoms with Gasteiger partial charge >= 0.3 is 0 Å². The molecule has 8 nitrogen and oxygen atoms in total. The molecule has 142 valence electrons. The molecule has 3 heterocycles. The lowest BCUT2D eigenvalue weighted by Crippen LogP contribution is -2.56. The second kappa shape index (κ2) is 5.39. The molecule has 4 unspecified atom stereocenters. The fourth-order valence-electron chi connectivity index (χ4n) is 4.81. The van der Waals surface area contributed by atoms with Gasteiger partial charge < -0.3 is 11.1 Å². The lowest BCUT2D eigenvalue weighted by Gasteiger charge is -2.34. The summed E-state index contributed by atoms with van der Waals surface area (Å²) in [6.45, 7) is 5.32. The molecule has 3 aliphatic heterocycles. The van der Waals surface area contributed by atoms with E-state index in [1.54, 1.807) is 45.0 Å². The fourth-order valence-corrected chi connectivity index (χ4v) is 4.81. The smallest absolute Gasteiger partial charge is 0.250 e. The van der Waals surface area contributed by atoms with Crippen molar-refractivity contribution in [1.29, 1.82) is 0 Å². The van der Waals surface area contributed by atoms with Gasteiger partial charge in [0.25, 0.3) is 0 Å². The van der Waals surface area contributed by atoms with Crippen LogP contribution in [0.15, 0.2) is 24.3 Å². The number of carbonyl (C=O) groups excluding carboxylic acids is 4. The Morgan fingerprint density at radius 2 is 1.85 bits per heavy atom. The number of fused-ring (bicyclic) bond motifs is 4. The van der Waals surface area contributed by atoms with Gasteiger partial charge in [0.2, 0.25) is 23.6 Å². The summed E-state index contributed by atoms with van der Waals surface area (Å²) in [6, 6.07) is 6.40. The van der Waals surface area contributed by atoms with Crippen LogP contribution in [0.5, 0.6) is 0 Å². The molecule has 0 aliphatic carbocycles. The van der Waals surface area contributed by atoms with Gasteiger partial charge in [0.1, 0.15) is 5.54 Å². The second-order valence-electron chi connectivity index (χ2n) is 8.42. The Morgan fingerprint density at radius 3 is 2.48 bits per heavy atom. The maximum atomic E-state index is 13.4. The predicted molar refractivity (Wildman–Crippen MR) is 96.1 cm³/mol. The summed E-state index contributed by atoms with van der Waals surface area (Å²) in [7, 11) is 0. The standard InChI is InChI=1S/C19H22N4O4/c1-18(2,3)23-15(25)13-11(8-12(20)24)22-19(14(13)16(23)26)9-6-4-5-7-10(9)21-17(19)27/h4-7,11,13-14,22H,8H2,1-3H3,(H2,20,24)(H,21,27). The zero-order valence-corrected chi connectivity index (χ0v) is 15.4. The van der Waals surface area contributed by atoms with Crippen LogP contribution in [0, 0.1) is 11.8 Å². The van der Waals surface area contributed by atoms with Crippen molar-refractivity contribution in [1.82, 2.24) is 10.2 Å². The van der Waals surface area contributed by atoms with Gasteiger partial charge in [-0.05, 0) is 26.8 Å². The largest absolute Gasteiger partial charge is 0.370 e. The molecule has 0 aromatic heterocycles. The molecule has 4 atom stereocenters. The highest BCUT2D eigenvalue weighted by Crippen LogP contribution is 2.54. The lowest BCUT2D eigenvalue weighted by molar-refractivity contribution is -0.147. The van der Waals surface area contributed by atoms with Crippen molar-refractivity contribution in [3.8, 4) is 0 Å². The molecule has 3 aliphatic rings.